The minimum Gasteiger partial charge on any atom is -0.494 e. The molecule has 4 heteroatoms. The van der Waals surface area contributed by atoms with E-state index in [1.165, 1.54) is 4.90 Å². The van der Waals surface area contributed by atoms with E-state index in [2.05, 4.69) is 24.4 Å². The largest absolute Gasteiger partial charge is 0.494 e. The molecule has 0 unspecified atom stereocenters. The standard InChI is InChI=1S/C24H25NO2S/c1-3-18-10-8-9-13-22(18)25-24(26)19-14-15-23(27-4-2)20(16-19)17-28-21-11-6-5-7-12-21/h5-16H,3-4,17H2,1-2H3,(H,25,26). The Kier molecular flexibility index (Phi) is 7.15. The highest BCUT2D eigenvalue weighted by molar-refractivity contribution is 7.98. The van der Waals surface area contributed by atoms with E-state index >= 15 is 0 Å². The Morgan fingerprint density at radius 1 is 0.929 bits per heavy atom. The van der Waals surface area contributed by atoms with Gasteiger partial charge in [0.25, 0.3) is 5.91 Å². The summed E-state index contributed by atoms with van der Waals surface area (Å²) in [6, 6.07) is 23.8. The van der Waals surface area contributed by atoms with Crippen molar-refractivity contribution in [3.63, 3.8) is 0 Å². The first-order valence-corrected chi connectivity index (χ1v) is 10.5. The van der Waals surface area contributed by atoms with E-state index in [1.54, 1.807) is 11.8 Å². The number of amides is 1. The van der Waals surface area contributed by atoms with Crippen LogP contribution in [0.1, 0.15) is 35.3 Å². The van der Waals surface area contributed by atoms with Gasteiger partial charge < -0.3 is 10.1 Å². The Labute approximate surface area is 171 Å². The SMILES string of the molecule is CCOc1ccc(C(=O)Nc2ccccc2CC)cc1CSc1ccccc1. The van der Waals surface area contributed by atoms with E-state index in [-0.39, 0.29) is 5.91 Å². The lowest BCUT2D eigenvalue weighted by Crippen LogP contribution is -2.13. The highest BCUT2D eigenvalue weighted by atomic mass is 32.2. The molecular weight excluding hydrogens is 366 g/mol. The van der Waals surface area contributed by atoms with Crippen LogP contribution in [0.25, 0.3) is 0 Å². The highest BCUT2D eigenvalue weighted by Gasteiger charge is 2.12. The van der Waals surface area contributed by atoms with Crippen LogP contribution >= 0.6 is 11.8 Å². The summed E-state index contributed by atoms with van der Waals surface area (Å²) in [6.07, 6.45) is 0.874. The molecule has 3 aromatic carbocycles. The lowest BCUT2D eigenvalue weighted by molar-refractivity contribution is 0.102. The van der Waals surface area contributed by atoms with Gasteiger partial charge in [0.1, 0.15) is 5.75 Å². The number of anilines is 1. The molecule has 0 heterocycles. The quantitative estimate of drug-likeness (QED) is 0.465. The number of para-hydroxylation sites is 1. The van der Waals surface area contributed by atoms with Gasteiger partial charge in [-0.05, 0) is 55.3 Å². The summed E-state index contributed by atoms with van der Waals surface area (Å²) in [7, 11) is 0. The van der Waals surface area contributed by atoms with E-state index in [0.29, 0.717) is 12.2 Å². The molecule has 0 fully saturated rings. The molecule has 0 radical (unpaired) electrons. The zero-order valence-corrected chi connectivity index (χ0v) is 17.1. The number of nitrogens with one attached hydrogen (secondary N) is 1. The van der Waals surface area contributed by atoms with E-state index < -0.39 is 0 Å². The molecule has 0 aliphatic carbocycles. The average Bonchev–Trinajstić information content (AvgIpc) is 2.74. The number of hydrogen-bond donors (Lipinski definition) is 1. The summed E-state index contributed by atoms with van der Waals surface area (Å²) in [4.78, 5) is 14.0. The predicted molar refractivity (Wildman–Crippen MR) is 117 cm³/mol. The van der Waals surface area contributed by atoms with Gasteiger partial charge in [-0.1, -0.05) is 43.3 Å². The van der Waals surface area contributed by atoms with Gasteiger partial charge in [0.15, 0.2) is 0 Å². The maximum Gasteiger partial charge on any atom is 0.255 e. The molecule has 28 heavy (non-hydrogen) atoms. The van der Waals surface area contributed by atoms with E-state index in [9.17, 15) is 4.79 Å². The monoisotopic (exact) mass is 391 g/mol. The summed E-state index contributed by atoms with van der Waals surface area (Å²) < 4.78 is 5.77. The van der Waals surface area contributed by atoms with Crippen molar-refractivity contribution in [1.29, 1.82) is 0 Å². The van der Waals surface area contributed by atoms with Crippen LogP contribution in [0, 0.1) is 0 Å². The first kappa shape index (κ1) is 20.0. The average molecular weight is 392 g/mol. The van der Waals surface area contributed by atoms with E-state index in [4.69, 9.17) is 4.74 Å². The molecule has 3 nitrogen and oxygen atoms in total. The molecule has 0 saturated carbocycles. The normalized spacial score (nSPS) is 10.5. The van der Waals surface area contributed by atoms with Gasteiger partial charge in [0, 0.05) is 27.5 Å². The van der Waals surface area contributed by atoms with Gasteiger partial charge >= 0.3 is 0 Å². The number of carbonyl (C=O) groups excluding carboxylic acids is 1. The van der Waals surface area contributed by atoms with Crippen molar-refractivity contribution in [1.82, 2.24) is 0 Å². The first-order valence-electron chi connectivity index (χ1n) is 9.54. The van der Waals surface area contributed by atoms with Crippen LogP contribution in [0.3, 0.4) is 0 Å². The third-order valence-corrected chi connectivity index (χ3v) is 5.47. The first-order chi connectivity index (χ1) is 13.7. The van der Waals surface area contributed by atoms with Crippen LogP contribution in [0.15, 0.2) is 77.7 Å². The smallest absolute Gasteiger partial charge is 0.255 e. The minimum absolute atomic E-state index is 0.102. The molecule has 0 atom stereocenters. The molecule has 0 aliphatic heterocycles. The number of aryl methyl sites for hydroxylation is 1. The molecule has 0 aromatic heterocycles. The van der Waals surface area contributed by atoms with Gasteiger partial charge in [0.05, 0.1) is 6.61 Å². The number of benzene rings is 3. The van der Waals surface area contributed by atoms with Gasteiger partial charge in [-0.25, -0.2) is 0 Å². The third-order valence-electron chi connectivity index (χ3n) is 4.41. The zero-order chi connectivity index (χ0) is 19.8. The van der Waals surface area contributed by atoms with Gasteiger partial charge in [-0.15, -0.1) is 11.8 Å². The fourth-order valence-corrected chi connectivity index (χ4v) is 3.85. The van der Waals surface area contributed by atoms with Crippen molar-refractivity contribution < 1.29 is 9.53 Å². The van der Waals surface area contributed by atoms with Crippen LogP contribution < -0.4 is 10.1 Å². The van der Waals surface area contributed by atoms with Gasteiger partial charge in [0.2, 0.25) is 0 Å². The third kappa shape index (κ3) is 5.17. The van der Waals surface area contributed by atoms with Crippen LogP contribution in [-0.2, 0) is 12.2 Å². The van der Waals surface area contributed by atoms with Crippen molar-refractivity contribution >= 4 is 23.4 Å². The van der Waals surface area contributed by atoms with Crippen molar-refractivity contribution in [2.45, 2.75) is 30.9 Å². The molecule has 0 saturated heterocycles. The number of hydrogen-bond acceptors (Lipinski definition) is 3. The van der Waals surface area contributed by atoms with E-state index in [1.807, 2.05) is 67.6 Å². The Morgan fingerprint density at radius 3 is 2.43 bits per heavy atom. The number of ether oxygens (including phenoxy) is 1. The number of carbonyl (C=O) groups is 1. The Balaban J connectivity index is 1.80. The van der Waals surface area contributed by atoms with Crippen LogP contribution in [0.4, 0.5) is 5.69 Å². The predicted octanol–water partition coefficient (Wildman–Crippen LogP) is 6.19. The van der Waals surface area contributed by atoms with E-state index in [0.717, 1.165) is 34.7 Å². The van der Waals surface area contributed by atoms with Crippen LogP contribution in [0.2, 0.25) is 0 Å². The Bertz CT molecular complexity index is 925. The molecule has 3 aromatic rings. The summed E-state index contributed by atoms with van der Waals surface area (Å²) >= 11 is 1.73. The highest BCUT2D eigenvalue weighted by Crippen LogP contribution is 2.29. The molecule has 1 amide bonds. The summed E-state index contributed by atoms with van der Waals surface area (Å²) in [5.74, 6) is 1.47. The molecule has 0 spiro atoms. The molecule has 144 valence electrons. The van der Waals surface area contributed by atoms with Gasteiger partial charge in [-0.3, -0.25) is 4.79 Å². The molecule has 0 bridgehead atoms. The summed E-state index contributed by atoms with van der Waals surface area (Å²) in [5, 5.41) is 3.04. The van der Waals surface area contributed by atoms with Crippen molar-refractivity contribution in [3.8, 4) is 5.75 Å². The molecule has 3 rings (SSSR count). The molecule has 1 N–H and O–H groups in total. The molecule has 0 aliphatic rings. The lowest BCUT2D eigenvalue weighted by Gasteiger charge is -2.13. The second-order valence-electron chi connectivity index (χ2n) is 6.32. The Morgan fingerprint density at radius 2 is 1.68 bits per heavy atom. The zero-order valence-electron chi connectivity index (χ0n) is 16.3. The maximum atomic E-state index is 12.8. The lowest BCUT2D eigenvalue weighted by atomic mass is 10.1. The topological polar surface area (TPSA) is 38.3 Å². The van der Waals surface area contributed by atoms with Gasteiger partial charge in [-0.2, -0.15) is 0 Å². The van der Waals surface area contributed by atoms with Crippen molar-refractivity contribution in [3.05, 3.63) is 89.5 Å². The van der Waals surface area contributed by atoms with Crippen LogP contribution in [0.5, 0.6) is 5.75 Å². The summed E-state index contributed by atoms with van der Waals surface area (Å²) in [6.45, 7) is 4.65. The number of thioether (sulfide) groups is 1. The van der Waals surface area contributed by atoms with Crippen molar-refractivity contribution in [2.24, 2.45) is 0 Å². The second-order valence-corrected chi connectivity index (χ2v) is 7.37. The van der Waals surface area contributed by atoms with Crippen LogP contribution in [-0.4, -0.2) is 12.5 Å². The fourth-order valence-electron chi connectivity index (χ4n) is 2.95. The minimum atomic E-state index is -0.102. The second kappa shape index (κ2) is 10.00. The van der Waals surface area contributed by atoms with Crippen molar-refractivity contribution in [2.75, 3.05) is 11.9 Å². The summed E-state index contributed by atoms with van der Waals surface area (Å²) in [5.41, 5.74) is 3.65. The number of rotatable bonds is 8. The molecular formula is C24H25NO2S. The maximum absolute atomic E-state index is 12.8. The fraction of sp³-hybridized carbons (Fsp3) is 0.208. The Hall–Kier alpha value is -2.72.